The quantitative estimate of drug-likeness (QED) is 0.756. The van der Waals surface area contributed by atoms with Gasteiger partial charge in [0.15, 0.2) is 0 Å². The maximum atomic E-state index is 12.1. The summed E-state index contributed by atoms with van der Waals surface area (Å²) in [4.78, 5) is 12.1. The van der Waals surface area contributed by atoms with Crippen LogP contribution in [0.2, 0.25) is 0 Å². The zero-order valence-corrected chi connectivity index (χ0v) is 13.4. The zero-order chi connectivity index (χ0) is 16.9. The molecule has 124 valence electrons. The van der Waals surface area contributed by atoms with Crippen molar-refractivity contribution in [2.24, 2.45) is 0 Å². The number of carbonyl (C=O) groups excluding carboxylic acids is 1. The first kappa shape index (κ1) is 15.7. The number of anilines is 1. The first-order valence-electron chi connectivity index (χ1n) is 7.39. The van der Waals surface area contributed by atoms with Crippen LogP contribution in [0.5, 0.6) is 11.5 Å². The molecule has 2 amide bonds. The van der Waals surface area contributed by atoms with Crippen molar-refractivity contribution in [2.45, 2.75) is 6.54 Å². The molecule has 3 rings (SSSR count). The lowest BCUT2D eigenvalue weighted by atomic mass is 10.2. The zero-order valence-electron chi connectivity index (χ0n) is 13.4. The minimum Gasteiger partial charge on any atom is -0.497 e. The van der Waals surface area contributed by atoms with E-state index in [9.17, 15) is 4.79 Å². The van der Waals surface area contributed by atoms with Crippen LogP contribution in [0, 0.1) is 0 Å². The molecule has 2 N–H and O–H groups in total. The molecule has 0 aliphatic heterocycles. The van der Waals surface area contributed by atoms with Gasteiger partial charge in [0.1, 0.15) is 11.5 Å². The molecule has 0 saturated heterocycles. The lowest BCUT2D eigenvalue weighted by Gasteiger charge is -2.12. The number of carbonyl (C=O) groups is 1. The van der Waals surface area contributed by atoms with Crippen LogP contribution >= 0.6 is 0 Å². The molecule has 3 aromatic rings. The number of amides is 2. The fourth-order valence-electron chi connectivity index (χ4n) is 2.37. The van der Waals surface area contributed by atoms with Gasteiger partial charge < -0.3 is 20.1 Å². The maximum Gasteiger partial charge on any atom is 0.319 e. The van der Waals surface area contributed by atoms with E-state index in [-0.39, 0.29) is 6.03 Å². The fourth-order valence-corrected chi connectivity index (χ4v) is 2.37. The second-order valence-electron chi connectivity index (χ2n) is 5.07. The number of hydrogen-bond donors (Lipinski definition) is 2. The van der Waals surface area contributed by atoms with E-state index in [0.29, 0.717) is 23.7 Å². The Morgan fingerprint density at radius 1 is 1.21 bits per heavy atom. The van der Waals surface area contributed by atoms with Crippen molar-refractivity contribution >= 4 is 17.2 Å². The van der Waals surface area contributed by atoms with Crippen molar-refractivity contribution in [2.75, 3.05) is 19.5 Å². The number of pyridine rings is 1. The van der Waals surface area contributed by atoms with E-state index in [4.69, 9.17) is 9.47 Å². The van der Waals surface area contributed by atoms with E-state index in [0.717, 1.165) is 11.1 Å². The van der Waals surface area contributed by atoms with Crippen LogP contribution in [-0.2, 0) is 6.54 Å². The summed E-state index contributed by atoms with van der Waals surface area (Å²) in [6, 6.07) is 10.7. The Kier molecular flexibility index (Phi) is 4.51. The van der Waals surface area contributed by atoms with Gasteiger partial charge in [-0.2, -0.15) is 5.10 Å². The number of fused-ring (bicyclic) bond motifs is 1. The van der Waals surface area contributed by atoms with Crippen molar-refractivity contribution in [3.8, 4) is 11.5 Å². The summed E-state index contributed by atoms with van der Waals surface area (Å²) in [6.07, 6.45) is 3.60. The van der Waals surface area contributed by atoms with E-state index in [1.165, 1.54) is 7.11 Å². The Bertz CT molecular complexity index is 860. The minimum atomic E-state index is -0.325. The summed E-state index contributed by atoms with van der Waals surface area (Å²) in [7, 11) is 3.11. The standard InChI is InChI=1S/C17H18N4O3/c1-23-13-6-7-14(16(9-13)24-2)20-17(22)18-10-12-11-19-21-8-4-3-5-15(12)21/h3-9,11H,10H2,1-2H3,(H2,18,20,22). The highest BCUT2D eigenvalue weighted by molar-refractivity contribution is 5.91. The Balaban J connectivity index is 1.66. The molecule has 0 bridgehead atoms. The summed E-state index contributed by atoms with van der Waals surface area (Å²) >= 11 is 0. The summed E-state index contributed by atoms with van der Waals surface area (Å²) in [5.74, 6) is 1.18. The third-order valence-corrected chi connectivity index (χ3v) is 3.60. The number of benzene rings is 1. The molecule has 2 heterocycles. The van der Waals surface area contributed by atoms with Gasteiger partial charge in [-0.3, -0.25) is 0 Å². The molecule has 1 aromatic carbocycles. The predicted octanol–water partition coefficient (Wildman–Crippen LogP) is 2.67. The molecule has 7 nitrogen and oxygen atoms in total. The van der Waals surface area contributed by atoms with Gasteiger partial charge in [-0.1, -0.05) is 6.07 Å². The molecule has 0 radical (unpaired) electrons. The second-order valence-corrected chi connectivity index (χ2v) is 5.07. The number of hydrogen-bond acceptors (Lipinski definition) is 4. The molecule has 24 heavy (non-hydrogen) atoms. The van der Waals surface area contributed by atoms with Crippen molar-refractivity contribution in [1.29, 1.82) is 0 Å². The monoisotopic (exact) mass is 326 g/mol. The topological polar surface area (TPSA) is 76.9 Å². The number of nitrogens with one attached hydrogen (secondary N) is 2. The Hall–Kier alpha value is -3.22. The fraction of sp³-hybridized carbons (Fsp3) is 0.176. The summed E-state index contributed by atoms with van der Waals surface area (Å²) in [5.41, 5.74) is 2.46. The Morgan fingerprint density at radius 2 is 2.08 bits per heavy atom. The molecule has 7 heteroatoms. The van der Waals surface area contributed by atoms with Crippen LogP contribution in [0.3, 0.4) is 0 Å². The molecule has 0 aliphatic carbocycles. The normalized spacial score (nSPS) is 10.4. The molecule has 0 spiro atoms. The minimum absolute atomic E-state index is 0.325. The molecule has 0 saturated carbocycles. The third-order valence-electron chi connectivity index (χ3n) is 3.60. The number of nitrogens with zero attached hydrogens (tertiary/aromatic N) is 2. The van der Waals surface area contributed by atoms with Gasteiger partial charge in [-0.25, -0.2) is 9.31 Å². The first-order chi connectivity index (χ1) is 11.7. The van der Waals surface area contributed by atoms with E-state index in [1.54, 1.807) is 36.0 Å². The SMILES string of the molecule is COc1ccc(NC(=O)NCc2cnn3ccccc23)c(OC)c1. The highest BCUT2D eigenvalue weighted by Crippen LogP contribution is 2.28. The van der Waals surface area contributed by atoms with Crippen LogP contribution < -0.4 is 20.1 Å². The number of ether oxygens (including phenoxy) is 2. The number of methoxy groups -OCH3 is 2. The van der Waals surface area contributed by atoms with E-state index >= 15 is 0 Å². The molecular weight excluding hydrogens is 308 g/mol. The van der Waals surface area contributed by atoms with Crippen molar-refractivity contribution in [3.05, 3.63) is 54.4 Å². The van der Waals surface area contributed by atoms with Gasteiger partial charge in [0.25, 0.3) is 0 Å². The molecular formula is C17H18N4O3. The molecule has 0 atom stereocenters. The van der Waals surface area contributed by atoms with Gasteiger partial charge in [0.2, 0.25) is 0 Å². The summed E-state index contributed by atoms with van der Waals surface area (Å²) in [6.45, 7) is 0.373. The summed E-state index contributed by atoms with van der Waals surface area (Å²) < 4.78 is 12.2. The molecule has 0 aliphatic rings. The number of aromatic nitrogens is 2. The maximum absolute atomic E-state index is 12.1. The van der Waals surface area contributed by atoms with Gasteiger partial charge in [0, 0.05) is 24.4 Å². The number of urea groups is 1. The van der Waals surface area contributed by atoms with E-state index in [1.807, 2.05) is 24.4 Å². The molecule has 0 fully saturated rings. The Morgan fingerprint density at radius 3 is 2.88 bits per heavy atom. The van der Waals surface area contributed by atoms with Gasteiger partial charge >= 0.3 is 6.03 Å². The average molecular weight is 326 g/mol. The van der Waals surface area contributed by atoms with Crippen molar-refractivity contribution in [1.82, 2.24) is 14.9 Å². The highest BCUT2D eigenvalue weighted by Gasteiger charge is 2.10. The third kappa shape index (κ3) is 3.24. The second kappa shape index (κ2) is 6.91. The van der Waals surface area contributed by atoms with Crippen LogP contribution in [-0.4, -0.2) is 29.9 Å². The average Bonchev–Trinajstić information content (AvgIpc) is 3.03. The number of rotatable bonds is 5. The van der Waals surface area contributed by atoms with Crippen LogP contribution in [0.25, 0.3) is 5.52 Å². The van der Waals surface area contributed by atoms with Crippen LogP contribution in [0.4, 0.5) is 10.5 Å². The van der Waals surface area contributed by atoms with Gasteiger partial charge in [-0.05, 0) is 24.3 Å². The smallest absolute Gasteiger partial charge is 0.319 e. The first-order valence-corrected chi connectivity index (χ1v) is 7.39. The van der Waals surface area contributed by atoms with Crippen LogP contribution in [0.1, 0.15) is 5.56 Å². The molecule has 2 aromatic heterocycles. The largest absolute Gasteiger partial charge is 0.497 e. The Labute approximate surface area is 139 Å². The lowest BCUT2D eigenvalue weighted by molar-refractivity contribution is 0.251. The highest BCUT2D eigenvalue weighted by atomic mass is 16.5. The predicted molar refractivity (Wildman–Crippen MR) is 90.6 cm³/mol. The van der Waals surface area contributed by atoms with E-state index in [2.05, 4.69) is 15.7 Å². The van der Waals surface area contributed by atoms with Crippen molar-refractivity contribution in [3.63, 3.8) is 0 Å². The lowest BCUT2D eigenvalue weighted by Crippen LogP contribution is -2.28. The van der Waals surface area contributed by atoms with E-state index < -0.39 is 0 Å². The summed E-state index contributed by atoms with van der Waals surface area (Å²) in [5, 5.41) is 9.82. The van der Waals surface area contributed by atoms with Gasteiger partial charge in [0.05, 0.1) is 31.6 Å². The van der Waals surface area contributed by atoms with Crippen molar-refractivity contribution < 1.29 is 14.3 Å². The van der Waals surface area contributed by atoms with Crippen LogP contribution in [0.15, 0.2) is 48.8 Å². The van der Waals surface area contributed by atoms with Gasteiger partial charge in [-0.15, -0.1) is 0 Å². The molecule has 0 unspecified atom stereocenters.